The van der Waals surface area contributed by atoms with Gasteiger partial charge in [-0.3, -0.25) is 4.79 Å². The van der Waals surface area contributed by atoms with Gasteiger partial charge in [0, 0.05) is 31.7 Å². The molecule has 1 amide bonds. The average Bonchev–Trinajstić information content (AvgIpc) is 2.72. The lowest BCUT2D eigenvalue weighted by atomic mass is 9.95. The third-order valence-corrected chi connectivity index (χ3v) is 4.50. The maximum atomic E-state index is 13.0. The van der Waals surface area contributed by atoms with Gasteiger partial charge in [-0.1, -0.05) is 30.3 Å². The van der Waals surface area contributed by atoms with Crippen LogP contribution in [-0.2, 0) is 0 Å². The number of carbonyl (C=O) groups excluding carboxylic acids is 1. The number of hydrogen-bond donors (Lipinski definition) is 1. The molecule has 0 saturated heterocycles. The number of amides is 1. The quantitative estimate of drug-likeness (QED) is 0.732. The van der Waals surface area contributed by atoms with Crippen LogP contribution < -0.4 is 14.2 Å². The molecule has 0 saturated carbocycles. The molecule has 6 nitrogen and oxygen atoms in total. The fraction of sp³-hybridized carbons (Fsp3) is 0.381. The second-order valence-electron chi connectivity index (χ2n) is 6.22. The Morgan fingerprint density at radius 3 is 2.11 bits per heavy atom. The van der Waals surface area contributed by atoms with Gasteiger partial charge in [0.1, 0.15) is 0 Å². The lowest BCUT2D eigenvalue weighted by Gasteiger charge is -2.25. The summed E-state index contributed by atoms with van der Waals surface area (Å²) in [6.45, 7) is 0.547. The van der Waals surface area contributed by atoms with Crippen LogP contribution in [0.1, 0.15) is 28.3 Å². The first kappa shape index (κ1) is 20.6. The molecular formula is C21H27NO5. The monoisotopic (exact) mass is 373 g/mol. The number of methoxy groups -OCH3 is 3. The lowest BCUT2D eigenvalue weighted by Crippen LogP contribution is -2.31. The Bertz CT molecular complexity index is 722. The van der Waals surface area contributed by atoms with Crippen LogP contribution >= 0.6 is 0 Å². The minimum atomic E-state index is -0.159. The molecule has 146 valence electrons. The van der Waals surface area contributed by atoms with E-state index in [1.165, 1.54) is 21.3 Å². The van der Waals surface area contributed by atoms with Crippen LogP contribution in [-0.4, -0.2) is 57.4 Å². The number of aliphatic hydroxyl groups is 1. The first-order chi connectivity index (χ1) is 13.0. The number of hydrogen-bond acceptors (Lipinski definition) is 5. The van der Waals surface area contributed by atoms with Gasteiger partial charge in [0.15, 0.2) is 11.5 Å². The molecule has 0 spiro atoms. The molecule has 1 N–H and O–H groups in total. The van der Waals surface area contributed by atoms with Gasteiger partial charge in [-0.15, -0.1) is 0 Å². The highest BCUT2D eigenvalue weighted by atomic mass is 16.5. The third-order valence-electron chi connectivity index (χ3n) is 4.50. The van der Waals surface area contributed by atoms with Crippen molar-refractivity contribution in [2.75, 3.05) is 41.5 Å². The molecule has 0 bridgehead atoms. The van der Waals surface area contributed by atoms with Crippen LogP contribution in [0.15, 0.2) is 42.5 Å². The van der Waals surface area contributed by atoms with Gasteiger partial charge in [-0.25, -0.2) is 0 Å². The van der Waals surface area contributed by atoms with Gasteiger partial charge in [-0.2, -0.15) is 0 Å². The molecule has 27 heavy (non-hydrogen) atoms. The highest BCUT2D eigenvalue weighted by Gasteiger charge is 2.22. The Morgan fingerprint density at radius 1 is 1.04 bits per heavy atom. The second-order valence-corrected chi connectivity index (χ2v) is 6.22. The summed E-state index contributed by atoms with van der Waals surface area (Å²) in [7, 11) is 6.30. The minimum Gasteiger partial charge on any atom is -0.493 e. The Morgan fingerprint density at radius 2 is 1.63 bits per heavy atom. The van der Waals surface area contributed by atoms with E-state index in [0.29, 0.717) is 35.8 Å². The minimum absolute atomic E-state index is 0.0483. The standard InChI is InChI=1S/C21H27NO5/c1-22(14-16(10-11-23)15-8-6-5-7-9-15)21(24)17-12-18(25-2)20(27-4)19(13-17)26-3/h5-9,12-13,16,23H,10-11,14H2,1-4H3. The van der Waals surface area contributed by atoms with E-state index in [-0.39, 0.29) is 18.4 Å². The van der Waals surface area contributed by atoms with Gasteiger partial charge < -0.3 is 24.2 Å². The highest BCUT2D eigenvalue weighted by Crippen LogP contribution is 2.38. The molecule has 0 aliphatic carbocycles. The molecule has 6 heteroatoms. The fourth-order valence-electron chi connectivity index (χ4n) is 3.08. The van der Waals surface area contributed by atoms with E-state index >= 15 is 0 Å². The van der Waals surface area contributed by atoms with Crippen LogP contribution in [0.4, 0.5) is 0 Å². The number of benzene rings is 2. The van der Waals surface area contributed by atoms with Crippen molar-refractivity contribution in [3.8, 4) is 17.2 Å². The summed E-state index contributed by atoms with van der Waals surface area (Å²) in [6.07, 6.45) is 0.580. The SMILES string of the molecule is COc1cc(C(=O)N(C)CC(CCO)c2ccccc2)cc(OC)c1OC. The molecule has 0 aliphatic rings. The fourth-order valence-corrected chi connectivity index (χ4v) is 3.08. The van der Waals surface area contributed by atoms with Crippen LogP contribution in [0.3, 0.4) is 0 Å². The summed E-state index contributed by atoms with van der Waals surface area (Å²) < 4.78 is 16.0. The van der Waals surface area contributed by atoms with Crippen LogP contribution in [0.2, 0.25) is 0 Å². The van der Waals surface area contributed by atoms with Crippen molar-refractivity contribution in [3.63, 3.8) is 0 Å². The zero-order valence-electron chi connectivity index (χ0n) is 16.3. The smallest absolute Gasteiger partial charge is 0.253 e. The van der Waals surface area contributed by atoms with Gasteiger partial charge in [0.2, 0.25) is 5.75 Å². The van der Waals surface area contributed by atoms with Crippen LogP contribution in [0.25, 0.3) is 0 Å². The summed E-state index contributed by atoms with van der Waals surface area (Å²) >= 11 is 0. The van der Waals surface area contributed by atoms with Gasteiger partial charge in [0.25, 0.3) is 5.91 Å². The largest absolute Gasteiger partial charge is 0.493 e. The van der Waals surface area contributed by atoms with Crippen LogP contribution in [0.5, 0.6) is 17.2 Å². The van der Waals surface area contributed by atoms with Crippen molar-refractivity contribution < 1.29 is 24.1 Å². The molecule has 0 aromatic heterocycles. The maximum Gasteiger partial charge on any atom is 0.253 e. The molecule has 1 unspecified atom stereocenters. The first-order valence-electron chi connectivity index (χ1n) is 8.77. The summed E-state index contributed by atoms with van der Waals surface area (Å²) in [6, 6.07) is 13.2. The number of aliphatic hydroxyl groups excluding tert-OH is 1. The van der Waals surface area contributed by atoms with E-state index in [9.17, 15) is 9.90 Å². The summed E-state index contributed by atoms with van der Waals surface area (Å²) in [5.41, 5.74) is 1.54. The van der Waals surface area contributed by atoms with Gasteiger partial charge in [0.05, 0.1) is 21.3 Å². The topological polar surface area (TPSA) is 68.2 Å². The molecule has 0 radical (unpaired) electrons. The second kappa shape index (κ2) is 9.83. The molecular weight excluding hydrogens is 346 g/mol. The van der Waals surface area contributed by atoms with Gasteiger partial charge >= 0.3 is 0 Å². The predicted molar refractivity (Wildman–Crippen MR) is 104 cm³/mol. The predicted octanol–water partition coefficient (Wildman–Crippen LogP) is 2.95. The van der Waals surface area contributed by atoms with Crippen molar-refractivity contribution in [1.82, 2.24) is 4.90 Å². The molecule has 0 aliphatic heterocycles. The van der Waals surface area contributed by atoms with Crippen molar-refractivity contribution in [2.24, 2.45) is 0 Å². The van der Waals surface area contributed by atoms with Gasteiger partial charge in [-0.05, 0) is 24.1 Å². The maximum absolute atomic E-state index is 13.0. The molecule has 2 aromatic rings. The summed E-state index contributed by atoms with van der Waals surface area (Å²) in [5.74, 6) is 1.20. The average molecular weight is 373 g/mol. The normalized spacial score (nSPS) is 11.6. The summed E-state index contributed by atoms with van der Waals surface area (Å²) in [4.78, 5) is 14.6. The number of likely N-dealkylation sites (N-methyl/N-ethyl adjacent to an activating group) is 1. The van der Waals surface area contributed by atoms with E-state index in [1.54, 1.807) is 24.1 Å². The molecule has 0 heterocycles. The molecule has 0 fully saturated rings. The Hall–Kier alpha value is -2.73. The number of ether oxygens (including phenoxy) is 3. The van der Waals surface area contributed by atoms with Crippen molar-refractivity contribution in [2.45, 2.75) is 12.3 Å². The zero-order valence-corrected chi connectivity index (χ0v) is 16.3. The van der Waals surface area contributed by atoms with E-state index < -0.39 is 0 Å². The van der Waals surface area contributed by atoms with Crippen molar-refractivity contribution in [1.29, 1.82) is 0 Å². The van der Waals surface area contributed by atoms with E-state index in [4.69, 9.17) is 14.2 Å². The van der Waals surface area contributed by atoms with Crippen molar-refractivity contribution in [3.05, 3.63) is 53.6 Å². The zero-order chi connectivity index (χ0) is 19.8. The Kier molecular flexibility index (Phi) is 7.49. The Labute approximate surface area is 160 Å². The number of rotatable bonds is 9. The first-order valence-corrected chi connectivity index (χ1v) is 8.77. The third kappa shape index (κ3) is 4.92. The molecule has 2 rings (SSSR count). The van der Waals surface area contributed by atoms with E-state index in [0.717, 1.165) is 5.56 Å². The highest BCUT2D eigenvalue weighted by molar-refractivity contribution is 5.95. The molecule has 1 atom stereocenters. The number of nitrogens with zero attached hydrogens (tertiary/aromatic N) is 1. The van der Waals surface area contributed by atoms with E-state index in [1.807, 2.05) is 30.3 Å². The summed E-state index contributed by atoms with van der Waals surface area (Å²) in [5, 5.41) is 9.41. The Balaban J connectivity index is 2.25. The van der Waals surface area contributed by atoms with Crippen molar-refractivity contribution >= 4 is 5.91 Å². The number of carbonyl (C=O) groups is 1. The van der Waals surface area contributed by atoms with E-state index in [2.05, 4.69) is 0 Å². The van der Waals surface area contributed by atoms with Crippen LogP contribution in [0, 0.1) is 0 Å². The lowest BCUT2D eigenvalue weighted by molar-refractivity contribution is 0.0780. The molecule has 2 aromatic carbocycles.